The van der Waals surface area contributed by atoms with Gasteiger partial charge in [0.15, 0.2) is 0 Å². The number of rotatable bonds is 8. The summed E-state index contributed by atoms with van der Waals surface area (Å²) in [5.74, 6) is 0.812. The molecule has 0 unspecified atom stereocenters. The monoisotopic (exact) mass is 437 g/mol. The van der Waals surface area contributed by atoms with E-state index >= 15 is 0 Å². The van der Waals surface area contributed by atoms with E-state index < -0.39 is 0 Å². The molecule has 4 rings (SSSR count). The molecule has 0 bridgehead atoms. The van der Waals surface area contributed by atoms with Crippen molar-refractivity contribution in [2.75, 3.05) is 13.1 Å². The number of hydrogen-bond acceptors (Lipinski definition) is 5. The summed E-state index contributed by atoms with van der Waals surface area (Å²) >= 11 is 3.42. The number of carbonyl (C=O) groups excluding carboxylic acids is 1. The second kappa shape index (κ2) is 10.2. The van der Waals surface area contributed by atoms with Gasteiger partial charge in [0, 0.05) is 34.7 Å². The minimum absolute atomic E-state index is 0.0391. The van der Waals surface area contributed by atoms with Crippen LogP contribution in [0.3, 0.4) is 0 Å². The van der Waals surface area contributed by atoms with Crippen molar-refractivity contribution in [1.82, 2.24) is 15.2 Å². The van der Waals surface area contributed by atoms with Gasteiger partial charge in [0.1, 0.15) is 0 Å². The number of carbonyl (C=O) groups is 1. The molecule has 3 aromatic rings. The Hall–Kier alpha value is -2.15. The quantitative estimate of drug-likeness (QED) is 0.488. The van der Waals surface area contributed by atoms with E-state index in [1.165, 1.54) is 31.5 Å². The van der Waals surface area contributed by atoms with Crippen molar-refractivity contribution in [3.05, 3.63) is 81.3 Å². The van der Waals surface area contributed by atoms with Crippen molar-refractivity contribution in [3.8, 4) is 0 Å². The number of likely N-dealkylation sites (tertiary alicyclic amines) is 1. The largest absolute Gasteiger partial charge is 0.348 e. The van der Waals surface area contributed by atoms with Crippen molar-refractivity contribution < 1.29 is 4.79 Å². The smallest absolute Gasteiger partial charge is 0.251 e. The molecule has 1 fully saturated rings. The van der Waals surface area contributed by atoms with Crippen molar-refractivity contribution in [2.45, 2.75) is 43.5 Å². The first-order chi connectivity index (χ1) is 14.7. The molecule has 4 nitrogen and oxygen atoms in total. The van der Waals surface area contributed by atoms with Crippen molar-refractivity contribution >= 4 is 29.0 Å². The summed E-state index contributed by atoms with van der Waals surface area (Å²) in [5, 5.41) is 6.22. The van der Waals surface area contributed by atoms with Gasteiger partial charge in [-0.15, -0.1) is 23.1 Å². The SMILES string of the molecule is Cc1nc(CSc2ccc(C(=O)NCc3ccc(CN4CCCC4)cc3)cc2)cs1. The molecule has 1 aliphatic rings. The van der Waals surface area contributed by atoms with E-state index in [4.69, 9.17) is 0 Å². The molecule has 30 heavy (non-hydrogen) atoms. The van der Waals surface area contributed by atoms with Crippen LogP contribution in [0.2, 0.25) is 0 Å². The zero-order chi connectivity index (χ0) is 20.8. The van der Waals surface area contributed by atoms with Crippen LogP contribution in [0.4, 0.5) is 0 Å². The highest BCUT2D eigenvalue weighted by Crippen LogP contribution is 2.24. The van der Waals surface area contributed by atoms with Gasteiger partial charge in [-0.2, -0.15) is 0 Å². The van der Waals surface area contributed by atoms with Crippen LogP contribution in [0.25, 0.3) is 0 Å². The van der Waals surface area contributed by atoms with Crippen LogP contribution in [0.15, 0.2) is 58.8 Å². The van der Waals surface area contributed by atoms with E-state index in [1.54, 1.807) is 23.1 Å². The molecule has 0 spiro atoms. The van der Waals surface area contributed by atoms with E-state index in [0.29, 0.717) is 12.1 Å². The van der Waals surface area contributed by atoms with E-state index in [2.05, 4.69) is 44.8 Å². The zero-order valence-electron chi connectivity index (χ0n) is 17.3. The topological polar surface area (TPSA) is 45.2 Å². The number of hydrogen-bond donors (Lipinski definition) is 1. The van der Waals surface area contributed by atoms with Crippen LogP contribution in [-0.2, 0) is 18.8 Å². The fourth-order valence-corrected chi connectivity index (χ4v) is 5.09. The number of nitrogens with one attached hydrogen (secondary N) is 1. The molecular formula is C24H27N3OS2. The summed E-state index contributed by atoms with van der Waals surface area (Å²) in [5.41, 5.74) is 4.26. The fraction of sp³-hybridized carbons (Fsp3) is 0.333. The van der Waals surface area contributed by atoms with E-state index in [-0.39, 0.29) is 5.91 Å². The lowest BCUT2D eigenvalue weighted by Gasteiger charge is -2.14. The Balaban J connectivity index is 1.24. The first-order valence-electron chi connectivity index (χ1n) is 10.4. The Morgan fingerprint density at radius 1 is 1.07 bits per heavy atom. The molecule has 1 aromatic heterocycles. The summed E-state index contributed by atoms with van der Waals surface area (Å²) < 4.78 is 0. The average Bonchev–Trinajstić information content (AvgIpc) is 3.43. The maximum absolute atomic E-state index is 12.5. The lowest BCUT2D eigenvalue weighted by atomic mass is 10.1. The van der Waals surface area contributed by atoms with Gasteiger partial charge in [0.05, 0.1) is 10.7 Å². The van der Waals surface area contributed by atoms with Crippen molar-refractivity contribution in [3.63, 3.8) is 0 Å². The standard InChI is InChI=1S/C24H27N3OS2/c1-18-26-22(16-29-18)17-30-23-10-8-21(9-11-23)24(28)25-14-19-4-6-20(7-5-19)15-27-12-2-3-13-27/h4-11,16H,2-3,12-15,17H2,1H3,(H,25,28). The highest BCUT2D eigenvalue weighted by molar-refractivity contribution is 7.98. The first kappa shape index (κ1) is 21.1. The summed E-state index contributed by atoms with van der Waals surface area (Å²) in [4.78, 5) is 20.6. The zero-order valence-corrected chi connectivity index (χ0v) is 18.9. The Morgan fingerprint density at radius 2 is 1.77 bits per heavy atom. The Kier molecular flexibility index (Phi) is 7.20. The molecule has 2 heterocycles. The average molecular weight is 438 g/mol. The Bertz CT molecular complexity index is 961. The van der Waals surface area contributed by atoms with Gasteiger partial charge in [0.2, 0.25) is 0 Å². The Morgan fingerprint density at radius 3 is 2.43 bits per heavy atom. The second-order valence-corrected chi connectivity index (χ2v) is 9.76. The number of aryl methyl sites for hydroxylation is 1. The molecule has 1 amide bonds. The van der Waals surface area contributed by atoms with E-state index in [1.807, 2.05) is 31.2 Å². The third kappa shape index (κ3) is 5.94. The molecule has 0 saturated carbocycles. The lowest BCUT2D eigenvalue weighted by molar-refractivity contribution is 0.0951. The molecule has 0 atom stereocenters. The van der Waals surface area contributed by atoms with Gasteiger partial charge in [0.25, 0.3) is 5.91 Å². The minimum atomic E-state index is -0.0391. The van der Waals surface area contributed by atoms with Gasteiger partial charge in [-0.3, -0.25) is 9.69 Å². The van der Waals surface area contributed by atoms with Crippen LogP contribution in [-0.4, -0.2) is 28.9 Å². The van der Waals surface area contributed by atoms with Crippen molar-refractivity contribution in [1.29, 1.82) is 0 Å². The maximum Gasteiger partial charge on any atom is 0.251 e. The van der Waals surface area contributed by atoms with Crippen LogP contribution in [0.5, 0.6) is 0 Å². The van der Waals surface area contributed by atoms with E-state index in [9.17, 15) is 4.79 Å². The third-order valence-electron chi connectivity index (χ3n) is 5.25. The van der Waals surface area contributed by atoms with Crippen LogP contribution >= 0.6 is 23.1 Å². The summed E-state index contributed by atoms with van der Waals surface area (Å²) in [6.45, 7) is 6.01. The molecule has 6 heteroatoms. The normalized spacial score (nSPS) is 14.2. The number of benzene rings is 2. The minimum Gasteiger partial charge on any atom is -0.348 e. The summed E-state index contributed by atoms with van der Waals surface area (Å²) in [6, 6.07) is 16.4. The van der Waals surface area contributed by atoms with E-state index in [0.717, 1.165) is 33.5 Å². The summed E-state index contributed by atoms with van der Waals surface area (Å²) in [7, 11) is 0. The van der Waals surface area contributed by atoms with Gasteiger partial charge < -0.3 is 5.32 Å². The number of nitrogens with zero attached hydrogens (tertiary/aromatic N) is 2. The first-order valence-corrected chi connectivity index (χ1v) is 12.2. The van der Waals surface area contributed by atoms with Crippen LogP contribution in [0, 0.1) is 6.92 Å². The molecule has 0 radical (unpaired) electrons. The fourth-order valence-electron chi connectivity index (χ4n) is 3.58. The maximum atomic E-state index is 12.5. The number of amides is 1. The molecule has 156 valence electrons. The molecule has 1 N–H and O–H groups in total. The highest BCUT2D eigenvalue weighted by atomic mass is 32.2. The number of aromatic nitrogens is 1. The predicted molar refractivity (Wildman–Crippen MR) is 125 cm³/mol. The third-order valence-corrected chi connectivity index (χ3v) is 7.12. The molecule has 1 saturated heterocycles. The molecule has 2 aromatic carbocycles. The highest BCUT2D eigenvalue weighted by Gasteiger charge is 2.11. The van der Waals surface area contributed by atoms with Gasteiger partial charge in [-0.25, -0.2) is 4.98 Å². The Labute approximate surface area is 186 Å². The van der Waals surface area contributed by atoms with Gasteiger partial charge in [-0.05, 0) is 68.2 Å². The number of thiazole rings is 1. The van der Waals surface area contributed by atoms with Gasteiger partial charge >= 0.3 is 0 Å². The van der Waals surface area contributed by atoms with Crippen molar-refractivity contribution in [2.24, 2.45) is 0 Å². The summed E-state index contributed by atoms with van der Waals surface area (Å²) in [6.07, 6.45) is 2.63. The van der Waals surface area contributed by atoms with Crippen LogP contribution in [0.1, 0.15) is 45.0 Å². The van der Waals surface area contributed by atoms with Gasteiger partial charge in [-0.1, -0.05) is 24.3 Å². The molecular weight excluding hydrogens is 410 g/mol. The van der Waals surface area contributed by atoms with Crippen LogP contribution < -0.4 is 5.32 Å². The predicted octanol–water partition coefficient (Wildman–Crippen LogP) is 5.27. The molecule has 1 aliphatic heterocycles. The number of thioether (sulfide) groups is 1. The second-order valence-electron chi connectivity index (χ2n) is 7.65. The lowest BCUT2D eigenvalue weighted by Crippen LogP contribution is -2.22. The molecule has 0 aliphatic carbocycles.